The molecule has 0 atom stereocenters. The zero-order valence-electron chi connectivity index (χ0n) is 19.1. The van der Waals surface area contributed by atoms with E-state index in [0.717, 1.165) is 55.7 Å². The molecular weight excluding hydrogens is 438 g/mol. The average Bonchev–Trinajstić information content (AvgIpc) is 3.15. The van der Waals surface area contributed by atoms with Crippen molar-refractivity contribution in [3.63, 3.8) is 0 Å². The van der Waals surface area contributed by atoms with E-state index >= 15 is 0 Å². The smallest absolute Gasteiger partial charge is 0.344 e. The van der Waals surface area contributed by atoms with Gasteiger partial charge in [-0.2, -0.15) is 0 Å². The number of nitrogens with zero attached hydrogens (tertiary/aromatic N) is 4. The van der Waals surface area contributed by atoms with Gasteiger partial charge in [0.15, 0.2) is 0 Å². The Morgan fingerprint density at radius 3 is 2.52 bits per heavy atom. The van der Waals surface area contributed by atoms with Crippen LogP contribution in [0, 0.1) is 0 Å². The minimum atomic E-state index is -0.0227. The molecule has 2 aromatic rings. The molecule has 176 valence electrons. The van der Waals surface area contributed by atoms with E-state index in [4.69, 9.17) is 16.3 Å². The monoisotopic (exact) mass is 469 g/mol. The molecule has 33 heavy (non-hydrogen) atoms. The summed E-state index contributed by atoms with van der Waals surface area (Å²) in [4.78, 5) is 19.5. The largest absolute Gasteiger partial charge is 0.492 e. The van der Waals surface area contributed by atoms with Crippen LogP contribution in [0.4, 0.5) is 10.5 Å². The Morgan fingerprint density at radius 1 is 1.00 bits per heavy atom. The number of allylic oxidation sites excluding steroid dienone is 1. The molecule has 2 fully saturated rings. The summed E-state index contributed by atoms with van der Waals surface area (Å²) in [5.74, 6) is 1.62. The van der Waals surface area contributed by atoms with Crippen molar-refractivity contribution < 1.29 is 9.53 Å². The Bertz CT molecular complexity index is 947. The Labute approximate surface area is 201 Å². The highest BCUT2D eigenvalue weighted by Crippen LogP contribution is 2.21. The summed E-state index contributed by atoms with van der Waals surface area (Å²) in [5.41, 5.74) is 4.42. The SMILES string of the molecule is C/C=C1/NN(CCCN2CCN(c3cccc(Cl)c3)CC2)C(=O)N1CCOc1ccccc1. The molecule has 0 radical (unpaired) electrons. The van der Waals surface area contributed by atoms with Crippen LogP contribution in [-0.4, -0.2) is 73.3 Å². The van der Waals surface area contributed by atoms with Gasteiger partial charge in [-0.3, -0.25) is 15.2 Å². The van der Waals surface area contributed by atoms with Gasteiger partial charge in [-0.15, -0.1) is 0 Å². The first-order valence-corrected chi connectivity index (χ1v) is 11.9. The fourth-order valence-electron chi connectivity index (χ4n) is 4.21. The molecule has 0 aliphatic carbocycles. The van der Waals surface area contributed by atoms with Crippen molar-refractivity contribution >= 4 is 23.3 Å². The quantitative estimate of drug-likeness (QED) is 0.600. The lowest BCUT2D eigenvalue weighted by Crippen LogP contribution is -2.47. The Kier molecular flexibility index (Phi) is 7.96. The molecule has 2 saturated heterocycles. The highest BCUT2D eigenvalue weighted by atomic mass is 35.5. The number of rotatable bonds is 9. The van der Waals surface area contributed by atoms with E-state index in [1.54, 1.807) is 9.91 Å². The summed E-state index contributed by atoms with van der Waals surface area (Å²) in [6.45, 7) is 8.51. The van der Waals surface area contributed by atoms with Crippen LogP contribution in [0.15, 0.2) is 66.5 Å². The van der Waals surface area contributed by atoms with Gasteiger partial charge in [-0.25, -0.2) is 9.80 Å². The van der Waals surface area contributed by atoms with E-state index in [1.165, 1.54) is 5.69 Å². The van der Waals surface area contributed by atoms with Gasteiger partial charge in [0, 0.05) is 50.0 Å². The third-order valence-electron chi connectivity index (χ3n) is 6.00. The molecule has 7 nitrogen and oxygen atoms in total. The first kappa shape index (κ1) is 23.3. The van der Waals surface area contributed by atoms with E-state index in [1.807, 2.05) is 61.5 Å². The van der Waals surface area contributed by atoms with Crippen molar-refractivity contribution in [3.05, 3.63) is 71.5 Å². The first-order chi connectivity index (χ1) is 16.1. The predicted octanol–water partition coefficient (Wildman–Crippen LogP) is 4.03. The number of halogens is 1. The number of hydrazine groups is 1. The zero-order valence-corrected chi connectivity index (χ0v) is 19.9. The number of carbonyl (C=O) groups is 1. The maximum Gasteiger partial charge on any atom is 0.344 e. The maximum atomic E-state index is 12.9. The van der Waals surface area contributed by atoms with Crippen LogP contribution < -0.4 is 15.1 Å². The van der Waals surface area contributed by atoms with Crippen molar-refractivity contribution in [1.82, 2.24) is 20.2 Å². The van der Waals surface area contributed by atoms with Crippen LogP contribution in [-0.2, 0) is 0 Å². The maximum absolute atomic E-state index is 12.9. The molecule has 2 aliphatic rings. The number of nitrogens with one attached hydrogen (secondary N) is 1. The van der Waals surface area contributed by atoms with Gasteiger partial charge >= 0.3 is 6.03 Å². The van der Waals surface area contributed by atoms with Crippen molar-refractivity contribution in [2.75, 3.05) is 57.3 Å². The molecule has 0 unspecified atom stereocenters. The summed E-state index contributed by atoms with van der Waals surface area (Å²) in [6, 6.07) is 17.7. The molecule has 0 saturated carbocycles. The summed E-state index contributed by atoms with van der Waals surface area (Å²) in [6.07, 6.45) is 2.84. The summed E-state index contributed by atoms with van der Waals surface area (Å²) in [5, 5.41) is 2.49. The molecule has 0 spiro atoms. The van der Waals surface area contributed by atoms with Gasteiger partial charge in [0.25, 0.3) is 0 Å². The minimum absolute atomic E-state index is 0.0227. The van der Waals surface area contributed by atoms with E-state index in [2.05, 4.69) is 21.3 Å². The number of anilines is 1. The van der Waals surface area contributed by atoms with Gasteiger partial charge < -0.3 is 9.64 Å². The second kappa shape index (κ2) is 11.3. The number of carbonyl (C=O) groups excluding carboxylic acids is 1. The third kappa shape index (κ3) is 6.12. The van der Waals surface area contributed by atoms with Crippen LogP contribution in [0.3, 0.4) is 0 Å². The summed E-state index contributed by atoms with van der Waals surface area (Å²) < 4.78 is 5.77. The van der Waals surface area contributed by atoms with Crippen LogP contribution in [0.25, 0.3) is 0 Å². The lowest BCUT2D eigenvalue weighted by Gasteiger charge is -2.36. The number of urea groups is 1. The Balaban J connectivity index is 1.18. The molecule has 2 amide bonds. The normalized spacial score (nSPS) is 18.2. The van der Waals surface area contributed by atoms with E-state index < -0.39 is 0 Å². The van der Waals surface area contributed by atoms with Gasteiger partial charge in [0.05, 0.1) is 6.54 Å². The Morgan fingerprint density at radius 2 is 1.79 bits per heavy atom. The fraction of sp³-hybridized carbons (Fsp3) is 0.400. The highest BCUT2D eigenvalue weighted by Gasteiger charge is 2.32. The van der Waals surface area contributed by atoms with Gasteiger partial charge in [-0.05, 0) is 49.8 Å². The fourth-order valence-corrected chi connectivity index (χ4v) is 4.39. The second-order valence-electron chi connectivity index (χ2n) is 8.20. The molecule has 2 aromatic carbocycles. The molecule has 0 aromatic heterocycles. The Hall–Kier alpha value is -2.90. The van der Waals surface area contributed by atoms with Crippen LogP contribution in [0.1, 0.15) is 13.3 Å². The number of benzene rings is 2. The highest BCUT2D eigenvalue weighted by molar-refractivity contribution is 6.30. The molecule has 8 heteroatoms. The number of hydrogen-bond acceptors (Lipinski definition) is 5. The van der Waals surface area contributed by atoms with Crippen molar-refractivity contribution in [2.24, 2.45) is 0 Å². The molecule has 2 aliphatic heterocycles. The molecular formula is C25H32ClN5O2. The first-order valence-electron chi connectivity index (χ1n) is 11.6. The van der Waals surface area contributed by atoms with Crippen molar-refractivity contribution in [2.45, 2.75) is 13.3 Å². The molecule has 2 heterocycles. The summed E-state index contributed by atoms with van der Waals surface area (Å²) >= 11 is 6.13. The number of amides is 2. The van der Waals surface area contributed by atoms with Gasteiger partial charge in [0.2, 0.25) is 0 Å². The second-order valence-corrected chi connectivity index (χ2v) is 8.63. The van der Waals surface area contributed by atoms with Crippen molar-refractivity contribution in [3.8, 4) is 5.75 Å². The topological polar surface area (TPSA) is 51.3 Å². The lowest BCUT2D eigenvalue weighted by molar-refractivity contribution is 0.173. The third-order valence-corrected chi connectivity index (χ3v) is 6.24. The minimum Gasteiger partial charge on any atom is -0.492 e. The van der Waals surface area contributed by atoms with Gasteiger partial charge in [-0.1, -0.05) is 35.9 Å². The predicted molar refractivity (Wildman–Crippen MR) is 132 cm³/mol. The van der Waals surface area contributed by atoms with E-state index in [-0.39, 0.29) is 6.03 Å². The van der Waals surface area contributed by atoms with E-state index in [0.29, 0.717) is 19.7 Å². The van der Waals surface area contributed by atoms with Crippen LogP contribution in [0.5, 0.6) is 5.75 Å². The van der Waals surface area contributed by atoms with Gasteiger partial charge in [0.1, 0.15) is 18.2 Å². The summed E-state index contributed by atoms with van der Waals surface area (Å²) in [7, 11) is 0. The number of ether oxygens (including phenoxy) is 1. The van der Waals surface area contributed by atoms with Crippen molar-refractivity contribution in [1.29, 1.82) is 0 Å². The molecule has 4 rings (SSSR count). The number of para-hydroxylation sites is 1. The number of piperazine rings is 1. The van der Waals surface area contributed by atoms with Crippen LogP contribution in [0.2, 0.25) is 5.02 Å². The number of hydrogen-bond donors (Lipinski definition) is 1. The molecule has 1 N–H and O–H groups in total. The zero-order chi connectivity index (χ0) is 23.0. The molecule has 0 bridgehead atoms. The van der Waals surface area contributed by atoms with Crippen LogP contribution >= 0.6 is 11.6 Å². The lowest BCUT2D eigenvalue weighted by atomic mass is 10.2. The average molecular weight is 470 g/mol. The standard InChI is InChI=1S/C25H32ClN5O2/c1-2-24-27-31(25(32)30(24)18-19-33-23-10-4-3-5-11-23)13-7-12-28-14-16-29(17-15-28)22-9-6-8-21(26)20-22/h2-6,8-11,20,27H,7,12-19H2,1H3/b24-2-. The van der Waals surface area contributed by atoms with E-state index in [9.17, 15) is 4.79 Å².